The van der Waals surface area contributed by atoms with Gasteiger partial charge in [0.1, 0.15) is 11.5 Å². The largest absolute Gasteiger partial charge is 0.494 e. The molecule has 0 fully saturated rings. The summed E-state index contributed by atoms with van der Waals surface area (Å²) in [6, 6.07) is 25.1. The van der Waals surface area contributed by atoms with E-state index >= 15 is 0 Å². The smallest absolute Gasteiger partial charge is 0.230 e. The van der Waals surface area contributed by atoms with E-state index in [1.807, 2.05) is 60.7 Å². The predicted molar refractivity (Wildman–Crippen MR) is 157 cm³/mol. The maximum Gasteiger partial charge on any atom is 0.230 e. The molecule has 39 heavy (non-hydrogen) atoms. The van der Waals surface area contributed by atoms with Crippen molar-refractivity contribution in [1.29, 1.82) is 0 Å². The number of carbonyl (C=O) groups is 1. The first kappa shape index (κ1) is 26.3. The molecular weight excluding hydrogens is 533 g/mol. The SMILES string of the molecule is [CH2]COc1ccc(-c2cc3nccc(Oc4ccc(NC(=S)NC(=O)Cc5ccccc5)cc4F)c3s2)cc1. The quantitative estimate of drug-likeness (QED) is 0.198. The summed E-state index contributed by atoms with van der Waals surface area (Å²) in [7, 11) is 0. The Kier molecular flexibility index (Phi) is 8.10. The van der Waals surface area contributed by atoms with Gasteiger partial charge in [0.05, 0.1) is 23.2 Å². The molecule has 0 aliphatic carbocycles. The molecule has 1 amide bonds. The fourth-order valence-corrected chi connectivity index (χ4v) is 5.17. The molecular formula is C30H23FN3O3S2. The number of anilines is 1. The maximum absolute atomic E-state index is 15.0. The van der Waals surface area contributed by atoms with Crippen LogP contribution >= 0.6 is 23.6 Å². The van der Waals surface area contributed by atoms with Crippen LogP contribution in [0.3, 0.4) is 0 Å². The number of thiophene rings is 1. The number of amides is 1. The number of fused-ring (bicyclic) bond motifs is 1. The van der Waals surface area contributed by atoms with Gasteiger partial charge in [0.25, 0.3) is 0 Å². The molecule has 2 heterocycles. The average molecular weight is 557 g/mol. The third-order valence-corrected chi connectivity index (χ3v) is 7.05. The summed E-state index contributed by atoms with van der Waals surface area (Å²) >= 11 is 6.72. The molecule has 6 nitrogen and oxygen atoms in total. The van der Waals surface area contributed by atoms with E-state index in [4.69, 9.17) is 21.7 Å². The van der Waals surface area contributed by atoms with E-state index in [-0.39, 0.29) is 23.2 Å². The Morgan fingerprint density at radius 1 is 1.00 bits per heavy atom. The number of nitrogens with zero attached hydrogens (tertiary/aromatic N) is 1. The number of aromatic nitrogens is 1. The molecule has 0 spiro atoms. The van der Waals surface area contributed by atoms with Crippen molar-refractivity contribution < 1.29 is 18.7 Å². The van der Waals surface area contributed by atoms with Crippen LogP contribution in [0.4, 0.5) is 10.1 Å². The van der Waals surface area contributed by atoms with Crippen LogP contribution in [0.25, 0.3) is 20.7 Å². The number of rotatable bonds is 8. The van der Waals surface area contributed by atoms with Gasteiger partial charge in [-0.3, -0.25) is 9.78 Å². The molecule has 0 aliphatic heterocycles. The lowest BCUT2D eigenvalue weighted by atomic mass is 10.1. The van der Waals surface area contributed by atoms with Crippen molar-refractivity contribution in [2.45, 2.75) is 6.42 Å². The maximum atomic E-state index is 15.0. The molecule has 0 aliphatic rings. The molecule has 1 radical (unpaired) electrons. The Morgan fingerprint density at radius 2 is 1.79 bits per heavy atom. The highest BCUT2D eigenvalue weighted by Crippen LogP contribution is 2.40. The van der Waals surface area contributed by atoms with Gasteiger partial charge < -0.3 is 20.1 Å². The summed E-state index contributed by atoms with van der Waals surface area (Å²) in [4.78, 5) is 17.7. The first-order chi connectivity index (χ1) is 19.0. The van der Waals surface area contributed by atoms with Gasteiger partial charge in [0.15, 0.2) is 16.7 Å². The summed E-state index contributed by atoms with van der Waals surface area (Å²) in [5.74, 6) is 0.453. The summed E-state index contributed by atoms with van der Waals surface area (Å²) in [6.45, 7) is 4.05. The van der Waals surface area contributed by atoms with Crippen LogP contribution in [0.1, 0.15) is 5.56 Å². The molecule has 0 saturated carbocycles. The highest BCUT2D eigenvalue weighted by atomic mass is 32.1. The van der Waals surface area contributed by atoms with Crippen molar-refractivity contribution in [2.75, 3.05) is 11.9 Å². The van der Waals surface area contributed by atoms with Crippen molar-refractivity contribution >= 4 is 50.5 Å². The Labute approximate surface area is 234 Å². The molecule has 0 atom stereocenters. The van der Waals surface area contributed by atoms with E-state index < -0.39 is 5.82 Å². The molecule has 195 valence electrons. The Balaban J connectivity index is 1.26. The number of thiocarbonyl (C=S) groups is 1. The average Bonchev–Trinajstić information content (AvgIpc) is 3.37. The molecule has 0 bridgehead atoms. The summed E-state index contributed by atoms with van der Waals surface area (Å²) in [5, 5.41) is 5.53. The van der Waals surface area contributed by atoms with Crippen LogP contribution in [-0.2, 0) is 11.2 Å². The Hall–Kier alpha value is -4.34. The second-order valence-electron chi connectivity index (χ2n) is 8.42. The number of ether oxygens (including phenoxy) is 2. The lowest BCUT2D eigenvalue weighted by Crippen LogP contribution is -2.35. The second-order valence-corrected chi connectivity index (χ2v) is 9.88. The highest BCUT2D eigenvalue weighted by Gasteiger charge is 2.14. The minimum absolute atomic E-state index is 0.0525. The van der Waals surface area contributed by atoms with Gasteiger partial charge in [0.2, 0.25) is 5.91 Å². The standard InChI is InChI=1S/C30H23FN3O3S2/c1-2-36-22-11-8-20(9-12-22)27-18-24-29(39-27)26(14-15-32-24)37-25-13-10-21(17-23(25)31)33-30(38)34-28(35)16-19-6-4-3-5-7-19/h3-15,17-18H,1-2,16H2,(H2,33,34,35,38). The van der Waals surface area contributed by atoms with Crippen molar-refractivity contribution in [3.05, 3.63) is 109 Å². The van der Waals surface area contributed by atoms with E-state index in [1.165, 1.54) is 23.5 Å². The first-order valence-electron chi connectivity index (χ1n) is 12.0. The van der Waals surface area contributed by atoms with Crippen LogP contribution in [0.15, 0.2) is 91.1 Å². The van der Waals surface area contributed by atoms with E-state index in [0.717, 1.165) is 32.0 Å². The third-order valence-electron chi connectivity index (χ3n) is 5.65. The zero-order valence-electron chi connectivity index (χ0n) is 20.6. The van der Waals surface area contributed by atoms with Gasteiger partial charge in [-0.15, -0.1) is 11.3 Å². The number of hydrogen-bond acceptors (Lipinski definition) is 6. The molecule has 2 aromatic heterocycles. The van der Waals surface area contributed by atoms with Gasteiger partial charge in [-0.25, -0.2) is 4.39 Å². The fraction of sp³-hybridized carbons (Fsp3) is 0.0667. The monoisotopic (exact) mass is 556 g/mol. The van der Waals surface area contributed by atoms with Crippen LogP contribution in [-0.4, -0.2) is 22.6 Å². The molecule has 5 aromatic rings. The number of carbonyl (C=O) groups excluding carboxylic acids is 1. The van der Waals surface area contributed by atoms with E-state index in [9.17, 15) is 9.18 Å². The summed E-state index contributed by atoms with van der Waals surface area (Å²) < 4.78 is 27.2. The summed E-state index contributed by atoms with van der Waals surface area (Å²) in [6.07, 6.45) is 1.81. The van der Waals surface area contributed by atoms with E-state index in [1.54, 1.807) is 18.3 Å². The lowest BCUT2D eigenvalue weighted by molar-refractivity contribution is -0.119. The predicted octanol–water partition coefficient (Wildman–Crippen LogP) is 7.16. The van der Waals surface area contributed by atoms with Crippen LogP contribution in [0.5, 0.6) is 17.2 Å². The van der Waals surface area contributed by atoms with Gasteiger partial charge in [0, 0.05) is 28.9 Å². The number of halogens is 1. The lowest BCUT2D eigenvalue weighted by Gasteiger charge is -2.12. The molecule has 2 N–H and O–H groups in total. The van der Waals surface area contributed by atoms with Crippen molar-refractivity contribution in [1.82, 2.24) is 10.3 Å². The van der Waals surface area contributed by atoms with Gasteiger partial charge in [-0.1, -0.05) is 30.3 Å². The second kappa shape index (κ2) is 12.0. The van der Waals surface area contributed by atoms with Crippen molar-refractivity contribution in [3.8, 4) is 27.7 Å². The van der Waals surface area contributed by atoms with Crippen LogP contribution in [0, 0.1) is 12.7 Å². The highest BCUT2D eigenvalue weighted by molar-refractivity contribution is 7.80. The van der Waals surface area contributed by atoms with Gasteiger partial charge in [-0.05, 0) is 72.7 Å². The fourth-order valence-electron chi connectivity index (χ4n) is 3.86. The Morgan fingerprint density at radius 3 is 2.54 bits per heavy atom. The van der Waals surface area contributed by atoms with Crippen LogP contribution < -0.4 is 20.1 Å². The van der Waals surface area contributed by atoms with Crippen molar-refractivity contribution in [3.63, 3.8) is 0 Å². The van der Waals surface area contributed by atoms with Crippen LogP contribution in [0.2, 0.25) is 0 Å². The minimum Gasteiger partial charge on any atom is -0.494 e. The number of nitrogens with one attached hydrogen (secondary N) is 2. The zero-order valence-corrected chi connectivity index (χ0v) is 22.3. The van der Waals surface area contributed by atoms with Crippen molar-refractivity contribution in [2.24, 2.45) is 0 Å². The number of hydrogen-bond donors (Lipinski definition) is 2. The van der Waals surface area contributed by atoms with Gasteiger partial charge in [-0.2, -0.15) is 0 Å². The van der Waals surface area contributed by atoms with Gasteiger partial charge >= 0.3 is 0 Å². The topological polar surface area (TPSA) is 72.5 Å². The number of benzene rings is 3. The molecule has 9 heteroatoms. The summed E-state index contributed by atoms with van der Waals surface area (Å²) in [5.41, 5.74) is 3.01. The minimum atomic E-state index is -0.582. The molecule has 0 saturated heterocycles. The first-order valence-corrected chi connectivity index (χ1v) is 13.2. The zero-order chi connectivity index (χ0) is 27.2. The van der Waals surface area contributed by atoms with E-state index in [2.05, 4.69) is 22.5 Å². The normalized spacial score (nSPS) is 10.7. The molecule has 0 unspecified atom stereocenters. The molecule has 3 aromatic carbocycles. The Bertz CT molecular complexity index is 1620. The molecule has 5 rings (SSSR count). The van der Waals surface area contributed by atoms with E-state index in [0.29, 0.717) is 18.0 Å². The number of pyridine rings is 1. The third kappa shape index (κ3) is 6.57.